The molecule has 1 rings (SSSR count). The summed E-state index contributed by atoms with van der Waals surface area (Å²) in [7, 11) is -6.04. The van der Waals surface area contributed by atoms with Crippen molar-refractivity contribution in [2.75, 3.05) is 0 Å². The monoisotopic (exact) mass is 374 g/mol. The maximum absolute atomic E-state index is 13.8. The predicted octanol–water partition coefficient (Wildman–Crippen LogP) is 5.10. The fourth-order valence-electron chi connectivity index (χ4n) is 2.09. The van der Waals surface area contributed by atoms with E-state index >= 15 is 0 Å². The number of rotatable bonds is 9. The summed E-state index contributed by atoms with van der Waals surface area (Å²) in [6, 6.07) is 1.72. The highest BCUT2D eigenvalue weighted by molar-refractivity contribution is 7.88. The number of aryl methyl sites for hydroxylation is 1. The number of unbranched alkanes of at least 4 members (excludes halogenated alkanes) is 5. The average molecular weight is 374 g/mol. The Kier molecular flexibility index (Phi) is 7.44. The van der Waals surface area contributed by atoms with Crippen molar-refractivity contribution in [1.82, 2.24) is 0 Å². The van der Waals surface area contributed by atoms with Crippen LogP contribution in [0.5, 0.6) is 5.75 Å². The largest absolute Gasteiger partial charge is 0.534 e. The van der Waals surface area contributed by atoms with Crippen LogP contribution in [0.1, 0.15) is 51.0 Å². The van der Waals surface area contributed by atoms with Gasteiger partial charge < -0.3 is 4.18 Å². The van der Waals surface area contributed by atoms with Crippen LogP contribution in [0.3, 0.4) is 0 Å². The Morgan fingerprint density at radius 1 is 0.958 bits per heavy atom. The van der Waals surface area contributed by atoms with Crippen molar-refractivity contribution < 1.29 is 34.6 Å². The van der Waals surface area contributed by atoms with Gasteiger partial charge in [0, 0.05) is 0 Å². The molecule has 1 aromatic rings. The summed E-state index contributed by atoms with van der Waals surface area (Å²) in [6.07, 6.45) is 5.83. The third-order valence-corrected chi connectivity index (χ3v) is 4.38. The Hall–Kier alpha value is -1.38. The molecule has 0 amide bonds. The van der Waals surface area contributed by atoms with Crippen LogP contribution in [-0.2, 0) is 16.5 Å². The minimum absolute atomic E-state index is 0.0280. The van der Waals surface area contributed by atoms with E-state index in [4.69, 9.17) is 0 Å². The lowest BCUT2D eigenvalue weighted by atomic mass is 10.0. The molecule has 0 radical (unpaired) electrons. The fourth-order valence-corrected chi connectivity index (χ4v) is 2.55. The summed E-state index contributed by atoms with van der Waals surface area (Å²) in [6.45, 7) is 2.07. The van der Waals surface area contributed by atoms with Gasteiger partial charge in [-0.25, -0.2) is 4.39 Å². The second-order valence-electron chi connectivity index (χ2n) is 5.35. The molecule has 3 nitrogen and oxygen atoms in total. The van der Waals surface area contributed by atoms with Crippen LogP contribution < -0.4 is 4.18 Å². The van der Waals surface area contributed by atoms with Crippen LogP contribution >= 0.6 is 0 Å². The van der Waals surface area contributed by atoms with Gasteiger partial charge >= 0.3 is 15.6 Å². The van der Waals surface area contributed by atoms with Crippen molar-refractivity contribution in [3.8, 4) is 5.75 Å². The molecule has 1 aromatic carbocycles. The van der Waals surface area contributed by atoms with Gasteiger partial charge in [0.05, 0.1) is 0 Å². The van der Waals surface area contributed by atoms with Gasteiger partial charge in [-0.05, 0) is 24.5 Å². The Labute approximate surface area is 137 Å². The smallest absolute Gasteiger partial charge is 0.373 e. The molecule has 0 heterocycles. The average Bonchev–Trinajstić information content (AvgIpc) is 2.48. The number of hydrogen-bond acceptors (Lipinski definition) is 3. The van der Waals surface area contributed by atoms with E-state index in [1.54, 1.807) is 0 Å². The first kappa shape index (κ1) is 20.7. The molecule has 0 aliphatic heterocycles. The van der Waals surface area contributed by atoms with E-state index in [-0.39, 0.29) is 12.0 Å². The van der Waals surface area contributed by atoms with Gasteiger partial charge in [0.2, 0.25) is 5.82 Å². The SMILES string of the molecule is CCCCCCCCc1ccc(OS(=O)(=O)C(F)(F)F)c(F)c1F. The summed E-state index contributed by atoms with van der Waals surface area (Å²) >= 11 is 0. The van der Waals surface area contributed by atoms with Gasteiger partial charge in [-0.2, -0.15) is 26.0 Å². The van der Waals surface area contributed by atoms with Crippen molar-refractivity contribution in [3.63, 3.8) is 0 Å². The van der Waals surface area contributed by atoms with Crippen LogP contribution in [0.2, 0.25) is 0 Å². The number of benzene rings is 1. The highest BCUT2D eigenvalue weighted by Crippen LogP contribution is 2.30. The molecular formula is C15H19F5O3S. The van der Waals surface area contributed by atoms with Crippen LogP contribution in [0, 0.1) is 11.6 Å². The van der Waals surface area contributed by atoms with Crippen molar-refractivity contribution in [1.29, 1.82) is 0 Å². The van der Waals surface area contributed by atoms with Gasteiger partial charge in [-0.15, -0.1) is 0 Å². The highest BCUT2D eigenvalue weighted by atomic mass is 32.2. The fraction of sp³-hybridized carbons (Fsp3) is 0.600. The third-order valence-electron chi connectivity index (χ3n) is 3.41. The molecule has 0 atom stereocenters. The zero-order chi connectivity index (χ0) is 18.4. The van der Waals surface area contributed by atoms with Crippen molar-refractivity contribution >= 4 is 10.1 Å². The first-order valence-electron chi connectivity index (χ1n) is 7.57. The van der Waals surface area contributed by atoms with Gasteiger partial charge in [0.25, 0.3) is 0 Å². The van der Waals surface area contributed by atoms with E-state index in [2.05, 4.69) is 11.1 Å². The Morgan fingerprint density at radius 3 is 2.12 bits per heavy atom. The Balaban J connectivity index is 2.73. The van der Waals surface area contributed by atoms with E-state index in [9.17, 15) is 30.4 Å². The zero-order valence-electron chi connectivity index (χ0n) is 13.1. The quantitative estimate of drug-likeness (QED) is 0.262. The van der Waals surface area contributed by atoms with Crippen molar-refractivity contribution in [2.24, 2.45) is 0 Å². The van der Waals surface area contributed by atoms with Gasteiger partial charge in [-0.1, -0.05) is 45.1 Å². The molecule has 138 valence electrons. The predicted molar refractivity (Wildman–Crippen MR) is 79.0 cm³/mol. The van der Waals surface area contributed by atoms with Crippen molar-refractivity contribution in [2.45, 2.75) is 57.4 Å². The van der Waals surface area contributed by atoms with E-state index in [0.29, 0.717) is 12.5 Å². The molecule has 0 N–H and O–H groups in total. The molecule has 0 aliphatic rings. The Morgan fingerprint density at radius 2 is 1.54 bits per heavy atom. The van der Waals surface area contributed by atoms with E-state index in [1.807, 2.05) is 0 Å². The zero-order valence-corrected chi connectivity index (χ0v) is 13.9. The molecule has 9 heteroatoms. The highest BCUT2D eigenvalue weighted by Gasteiger charge is 2.49. The molecule has 0 fully saturated rings. The standard InChI is InChI=1S/C15H19F5O3S/c1-2-3-4-5-6-7-8-11-9-10-12(14(17)13(11)16)23-24(21,22)15(18,19)20/h9-10H,2-8H2,1H3. The summed E-state index contributed by atoms with van der Waals surface area (Å²) in [5.74, 6) is -4.44. The van der Waals surface area contributed by atoms with Crippen LogP contribution in [-0.4, -0.2) is 13.9 Å². The summed E-state index contributed by atoms with van der Waals surface area (Å²) in [4.78, 5) is 0. The molecule has 0 saturated carbocycles. The molecule has 0 spiro atoms. The normalized spacial score (nSPS) is 12.4. The molecule has 24 heavy (non-hydrogen) atoms. The summed E-state index contributed by atoms with van der Waals surface area (Å²) < 4.78 is 89.4. The lowest BCUT2D eigenvalue weighted by Crippen LogP contribution is -2.28. The van der Waals surface area contributed by atoms with E-state index in [0.717, 1.165) is 38.2 Å². The third kappa shape index (κ3) is 5.61. The van der Waals surface area contributed by atoms with Crippen molar-refractivity contribution in [3.05, 3.63) is 29.3 Å². The first-order valence-corrected chi connectivity index (χ1v) is 8.98. The molecule has 0 bridgehead atoms. The van der Waals surface area contributed by atoms with Crippen LogP contribution in [0.25, 0.3) is 0 Å². The molecule has 0 aliphatic carbocycles. The number of alkyl halides is 3. The van der Waals surface area contributed by atoms with Gasteiger partial charge in [-0.3, -0.25) is 0 Å². The number of hydrogen-bond donors (Lipinski definition) is 0. The van der Waals surface area contributed by atoms with Crippen LogP contribution in [0.15, 0.2) is 12.1 Å². The second-order valence-corrected chi connectivity index (χ2v) is 6.89. The second kappa shape index (κ2) is 8.64. The first-order chi connectivity index (χ1) is 11.1. The van der Waals surface area contributed by atoms with Gasteiger partial charge in [0.15, 0.2) is 11.6 Å². The summed E-state index contributed by atoms with van der Waals surface area (Å²) in [5, 5.41) is 0. The van der Waals surface area contributed by atoms with Crippen LogP contribution in [0.4, 0.5) is 22.0 Å². The molecule has 0 saturated heterocycles. The summed E-state index contributed by atoms with van der Waals surface area (Å²) in [5.41, 5.74) is -5.74. The minimum Gasteiger partial charge on any atom is -0.373 e. The Bertz CT molecular complexity index is 641. The molecule has 0 unspecified atom stereocenters. The van der Waals surface area contributed by atoms with E-state index < -0.39 is 33.0 Å². The van der Waals surface area contributed by atoms with Gasteiger partial charge in [0.1, 0.15) is 0 Å². The number of halogens is 5. The maximum Gasteiger partial charge on any atom is 0.534 e. The maximum atomic E-state index is 13.8. The lowest BCUT2D eigenvalue weighted by molar-refractivity contribution is -0.0501. The molecule has 0 aromatic heterocycles. The molecular weight excluding hydrogens is 355 g/mol. The van der Waals surface area contributed by atoms with E-state index in [1.165, 1.54) is 0 Å². The minimum atomic E-state index is -6.04. The topological polar surface area (TPSA) is 43.4 Å². The lowest BCUT2D eigenvalue weighted by Gasteiger charge is -2.11.